The van der Waals surface area contributed by atoms with Gasteiger partial charge in [0.05, 0.1) is 12.6 Å². The molecule has 1 aromatic heterocycles. The number of nitrogens with zero attached hydrogens (tertiary/aromatic N) is 1. The van der Waals surface area contributed by atoms with Crippen molar-refractivity contribution in [2.24, 2.45) is 0 Å². The number of aromatic nitrogens is 1. The molecule has 2 rings (SSSR count). The van der Waals surface area contributed by atoms with Crippen LogP contribution < -0.4 is 4.74 Å². The van der Waals surface area contributed by atoms with E-state index < -0.39 is 5.97 Å². The van der Waals surface area contributed by atoms with Crippen molar-refractivity contribution in [1.82, 2.24) is 4.98 Å². The van der Waals surface area contributed by atoms with Gasteiger partial charge < -0.3 is 9.84 Å². The third kappa shape index (κ3) is 2.96. The smallest absolute Gasteiger partial charge is 0.328 e. The Kier molecular flexibility index (Phi) is 4.03. The van der Waals surface area contributed by atoms with E-state index in [9.17, 15) is 4.79 Å². The number of methoxy groups -OCH3 is 1. The molecule has 2 aromatic rings. The summed E-state index contributed by atoms with van der Waals surface area (Å²) in [4.78, 5) is 15.3. The van der Waals surface area contributed by atoms with Crippen molar-refractivity contribution in [2.75, 3.05) is 7.11 Å². The van der Waals surface area contributed by atoms with E-state index in [0.717, 1.165) is 34.0 Å². The number of ether oxygens (including phenoxy) is 1. The van der Waals surface area contributed by atoms with Gasteiger partial charge in [0.1, 0.15) is 5.75 Å². The normalized spacial score (nSPS) is 11.4. The van der Waals surface area contributed by atoms with Crippen LogP contribution in [-0.4, -0.2) is 23.2 Å². The first kappa shape index (κ1) is 14.1. The molecule has 20 heavy (non-hydrogen) atoms. The summed E-state index contributed by atoms with van der Waals surface area (Å²) in [7, 11) is 1.60. The molecule has 1 N–H and O–H groups in total. The lowest BCUT2D eigenvalue weighted by atomic mass is 10.0. The fourth-order valence-corrected chi connectivity index (χ4v) is 1.97. The van der Waals surface area contributed by atoms with Crippen LogP contribution in [0.1, 0.15) is 31.0 Å². The van der Waals surface area contributed by atoms with Gasteiger partial charge in [0.15, 0.2) is 0 Å². The molecular weight excluding hydrogens is 254 g/mol. The quantitative estimate of drug-likeness (QED) is 0.865. The van der Waals surface area contributed by atoms with Gasteiger partial charge >= 0.3 is 5.97 Å². The van der Waals surface area contributed by atoms with Gasteiger partial charge in [-0.1, -0.05) is 13.8 Å². The Labute approximate surface area is 117 Å². The Balaban J connectivity index is 2.68. The van der Waals surface area contributed by atoms with Gasteiger partial charge in [0.25, 0.3) is 0 Å². The molecule has 0 saturated carbocycles. The Morgan fingerprint density at radius 1 is 1.35 bits per heavy atom. The van der Waals surface area contributed by atoms with Crippen molar-refractivity contribution < 1.29 is 14.6 Å². The predicted molar refractivity (Wildman–Crippen MR) is 79.1 cm³/mol. The largest absolute Gasteiger partial charge is 0.497 e. The molecule has 0 saturated heterocycles. The van der Waals surface area contributed by atoms with E-state index in [1.165, 1.54) is 0 Å². The second-order valence-electron chi connectivity index (χ2n) is 4.85. The maximum Gasteiger partial charge on any atom is 0.328 e. The standard InChI is InChI=1S/C16H17NO3/c1-10(2)15-8-11(4-7-16(18)19)13-9-12(20-3)5-6-14(13)17-15/h4-10H,1-3H3,(H,18,19)/b7-4+. The van der Waals surface area contributed by atoms with Gasteiger partial charge in [0, 0.05) is 17.2 Å². The van der Waals surface area contributed by atoms with E-state index in [-0.39, 0.29) is 5.92 Å². The minimum absolute atomic E-state index is 0.276. The average Bonchev–Trinajstić information content (AvgIpc) is 2.43. The molecular formula is C16H17NO3. The molecule has 0 atom stereocenters. The first-order valence-electron chi connectivity index (χ1n) is 6.41. The van der Waals surface area contributed by atoms with Gasteiger partial charge in [-0.3, -0.25) is 4.98 Å². The van der Waals surface area contributed by atoms with Crippen molar-refractivity contribution in [3.63, 3.8) is 0 Å². The monoisotopic (exact) mass is 271 g/mol. The first-order chi connectivity index (χ1) is 9.51. The molecule has 0 radical (unpaired) electrons. The first-order valence-corrected chi connectivity index (χ1v) is 6.41. The highest BCUT2D eigenvalue weighted by Gasteiger charge is 2.08. The molecule has 0 unspecified atom stereocenters. The minimum atomic E-state index is -0.969. The van der Waals surface area contributed by atoms with Crippen LogP contribution in [0.2, 0.25) is 0 Å². The molecule has 4 heteroatoms. The minimum Gasteiger partial charge on any atom is -0.497 e. The lowest BCUT2D eigenvalue weighted by molar-refractivity contribution is -0.131. The number of hydrogen-bond donors (Lipinski definition) is 1. The van der Waals surface area contributed by atoms with Gasteiger partial charge in [-0.15, -0.1) is 0 Å². The molecule has 0 aliphatic rings. The number of pyridine rings is 1. The Morgan fingerprint density at radius 2 is 2.10 bits per heavy atom. The van der Waals surface area contributed by atoms with Crippen LogP contribution in [0.5, 0.6) is 5.75 Å². The summed E-state index contributed by atoms with van der Waals surface area (Å²) >= 11 is 0. The topological polar surface area (TPSA) is 59.4 Å². The summed E-state index contributed by atoms with van der Waals surface area (Å²) in [6, 6.07) is 7.53. The van der Waals surface area contributed by atoms with Crippen LogP contribution in [0, 0.1) is 0 Å². The summed E-state index contributed by atoms with van der Waals surface area (Å²) in [5.74, 6) is 0.0315. The Hall–Kier alpha value is -2.36. The molecule has 1 heterocycles. The van der Waals surface area contributed by atoms with E-state index in [1.807, 2.05) is 24.3 Å². The summed E-state index contributed by atoms with van der Waals surface area (Å²) in [6.45, 7) is 4.12. The molecule has 104 valence electrons. The number of rotatable bonds is 4. The summed E-state index contributed by atoms with van der Waals surface area (Å²) in [5.41, 5.74) is 2.61. The van der Waals surface area contributed by atoms with E-state index >= 15 is 0 Å². The fourth-order valence-electron chi connectivity index (χ4n) is 1.97. The van der Waals surface area contributed by atoms with E-state index in [2.05, 4.69) is 18.8 Å². The van der Waals surface area contributed by atoms with E-state index in [1.54, 1.807) is 13.2 Å². The number of hydrogen-bond acceptors (Lipinski definition) is 3. The average molecular weight is 271 g/mol. The highest BCUT2D eigenvalue weighted by molar-refractivity contribution is 5.93. The number of benzene rings is 1. The zero-order chi connectivity index (χ0) is 14.7. The summed E-state index contributed by atoms with van der Waals surface area (Å²) < 4.78 is 5.21. The molecule has 0 spiro atoms. The highest BCUT2D eigenvalue weighted by atomic mass is 16.5. The Morgan fingerprint density at radius 3 is 2.70 bits per heavy atom. The van der Waals surface area contributed by atoms with Crippen LogP contribution >= 0.6 is 0 Å². The fraction of sp³-hybridized carbons (Fsp3) is 0.250. The molecule has 4 nitrogen and oxygen atoms in total. The molecule has 0 aliphatic carbocycles. The molecule has 0 amide bonds. The SMILES string of the molecule is COc1ccc2nc(C(C)C)cc(/C=C/C(=O)O)c2c1. The second-order valence-corrected chi connectivity index (χ2v) is 4.85. The van der Waals surface area contributed by atoms with Crippen LogP contribution in [0.4, 0.5) is 0 Å². The van der Waals surface area contributed by atoms with Crippen molar-refractivity contribution >= 4 is 22.9 Å². The Bertz CT molecular complexity index is 675. The van der Waals surface area contributed by atoms with Crippen molar-refractivity contribution in [3.8, 4) is 5.75 Å². The lowest BCUT2D eigenvalue weighted by Crippen LogP contribution is -1.96. The zero-order valence-electron chi connectivity index (χ0n) is 11.8. The van der Waals surface area contributed by atoms with Crippen LogP contribution in [0.3, 0.4) is 0 Å². The van der Waals surface area contributed by atoms with Crippen molar-refractivity contribution in [3.05, 3.63) is 41.6 Å². The number of carbonyl (C=O) groups is 1. The predicted octanol–water partition coefficient (Wildman–Crippen LogP) is 3.46. The van der Waals surface area contributed by atoms with Gasteiger partial charge in [-0.2, -0.15) is 0 Å². The number of fused-ring (bicyclic) bond motifs is 1. The number of aliphatic carboxylic acids is 1. The van der Waals surface area contributed by atoms with Crippen molar-refractivity contribution in [1.29, 1.82) is 0 Å². The molecule has 0 fully saturated rings. The maximum absolute atomic E-state index is 10.7. The summed E-state index contributed by atoms with van der Waals surface area (Å²) in [5, 5.41) is 9.68. The molecule has 0 bridgehead atoms. The van der Waals surface area contributed by atoms with E-state index in [0.29, 0.717) is 0 Å². The summed E-state index contributed by atoms with van der Waals surface area (Å²) in [6.07, 6.45) is 2.73. The van der Waals surface area contributed by atoms with Gasteiger partial charge in [-0.05, 0) is 41.8 Å². The van der Waals surface area contributed by atoms with Crippen molar-refractivity contribution in [2.45, 2.75) is 19.8 Å². The lowest BCUT2D eigenvalue weighted by Gasteiger charge is -2.10. The van der Waals surface area contributed by atoms with Crippen LogP contribution in [-0.2, 0) is 4.79 Å². The number of carboxylic acids is 1. The zero-order valence-corrected chi connectivity index (χ0v) is 11.8. The third-order valence-electron chi connectivity index (χ3n) is 3.06. The number of carboxylic acid groups (broad SMARTS) is 1. The molecule has 0 aliphatic heterocycles. The van der Waals surface area contributed by atoms with Gasteiger partial charge in [0.2, 0.25) is 0 Å². The van der Waals surface area contributed by atoms with E-state index in [4.69, 9.17) is 9.84 Å². The highest BCUT2D eigenvalue weighted by Crippen LogP contribution is 2.26. The molecule has 1 aromatic carbocycles. The van der Waals surface area contributed by atoms with Gasteiger partial charge in [-0.25, -0.2) is 4.79 Å². The van der Waals surface area contributed by atoms with Crippen LogP contribution in [0.15, 0.2) is 30.3 Å². The third-order valence-corrected chi connectivity index (χ3v) is 3.06. The van der Waals surface area contributed by atoms with Crippen LogP contribution in [0.25, 0.3) is 17.0 Å². The second kappa shape index (κ2) is 5.74. The maximum atomic E-state index is 10.7.